The molecule has 2 saturated heterocycles. The summed E-state index contributed by atoms with van der Waals surface area (Å²) in [6.45, 7) is 5.44. The molecule has 3 heterocycles. The van der Waals surface area contributed by atoms with Gasteiger partial charge >= 0.3 is 0 Å². The lowest BCUT2D eigenvalue weighted by atomic mass is 9.90. The maximum Gasteiger partial charge on any atom is 0.223 e. The Bertz CT molecular complexity index is 819. The van der Waals surface area contributed by atoms with Crippen LogP contribution in [0.4, 0.5) is 17.6 Å². The summed E-state index contributed by atoms with van der Waals surface area (Å²) in [5.41, 5.74) is 6.82. The van der Waals surface area contributed by atoms with Gasteiger partial charge in [-0.15, -0.1) is 0 Å². The zero-order valence-electron chi connectivity index (χ0n) is 16.4. The van der Waals surface area contributed by atoms with Crippen LogP contribution >= 0.6 is 0 Å². The topological polar surface area (TPSA) is 78.6 Å². The third-order valence-corrected chi connectivity index (χ3v) is 5.72. The second-order valence-electron chi connectivity index (χ2n) is 7.75. The van der Waals surface area contributed by atoms with Crippen LogP contribution in [-0.2, 0) is 0 Å². The van der Waals surface area contributed by atoms with Crippen molar-refractivity contribution in [3.8, 4) is 0 Å². The highest BCUT2D eigenvalue weighted by atomic mass is 16.1. The number of rotatable bonds is 4. The molecular weight excluding hydrogens is 352 g/mol. The molecule has 2 aromatic rings. The Morgan fingerprint density at radius 1 is 1.00 bits per heavy atom. The lowest BCUT2D eigenvalue weighted by molar-refractivity contribution is 0.0907. The van der Waals surface area contributed by atoms with E-state index in [1.807, 2.05) is 36.4 Å². The molecule has 2 aliphatic heterocycles. The third-order valence-electron chi connectivity index (χ3n) is 5.72. The summed E-state index contributed by atoms with van der Waals surface area (Å²) in [5.74, 6) is 2.20. The number of carbonyl (C=O) groups excluding carboxylic acids is 1. The van der Waals surface area contributed by atoms with Gasteiger partial charge in [-0.05, 0) is 19.9 Å². The standard InChI is InChI=1S/C21H28N6O/c1-25-10-12-26(13-11-25)18-14-19(24-21(22)23-18)27-9-5-8-17(15-27)20(28)16-6-3-2-4-7-16/h2-4,6-7,14,17H,5,8-13,15H2,1H3,(H2,22,23,24). The Labute approximate surface area is 166 Å². The molecule has 2 aliphatic rings. The van der Waals surface area contributed by atoms with Crippen LogP contribution in [0.15, 0.2) is 36.4 Å². The van der Waals surface area contributed by atoms with Gasteiger partial charge in [-0.3, -0.25) is 4.79 Å². The van der Waals surface area contributed by atoms with Crippen LogP contribution in [0.5, 0.6) is 0 Å². The Morgan fingerprint density at radius 2 is 1.68 bits per heavy atom. The van der Waals surface area contributed by atoms with Crippen molar-refractivity contribution in [2.45, 2.75) is 12.8 Å². The number of anilines is 3. The van der Waals surface area contributed by atoms with E-state index in [0.29, 0.717) is 12.5 Å². The van der Waals surface area contributed by atoms with Gasteiger partial charge in [0.1, 0.15) is 11.6 Å². The molecule has 4 rings (SSSR count). The minimum Gasteiger partial charge on any atom is -0.368 e. The molecule has 0 spiro atoms. The van der Waals surface area contributed by atoms with Crippen molar-refractivity contribution >= 4 is 23.4 Å². The number of piperazine rings is 1. The van der Waals surface area contributed by atoms with Crippen LogP contribution in [0.25, 0.3) is 0 Å². The van der Waals surface area contributed by atoms with Gasteiger partial charge in [-0.1, -0.05) is 30.3 Å². The second kappa shape index (κ2) is 8.14. The molecule has 1 atom stereocenters. The monoisotopic (exact) mass is 380 g/mol. The maximum atomic E-state index is 12.9. The minimum absolute atomic E-state index is 0.0144. The quantitative estimate of drug-likeness (QED) is 0.812. The number of benzene rings is 1. The number of aromatic nitrogens is 2. The summed E-state index contributed by atoms with van der Waals surface area (Å²) in [5, 5.41) is 0. The number of nitrogens with zero attached hydrogens (tertiary/aromatic N) is 5. The summed E-state index contributed by atoms with van der Waals surface area (Å²) < 4.78 is 0. The smallest absolute Gasteiger partial charge is 0.223 e. The number of nitrogens with two attached hydrogens (primary N) is 1. The highest BCUT2D eigenvalue weighted by molar-refractivity contribution is 5.98. The SMILES string of the molecule is CN1CCN(c2cc(N3CCCC(C(=O)c4ccccc4)C3)nc(N)n2)CC1. The van der Waals surface area contributed by atoms with Gasteiger partial charge in [0.2, 0.25) is 5.95 Å². The summed E-state index contributed by atoms with van der Waals surface area (Å²) in [7, 11) is 2.13. The van der Waals surface area contributed by atoms with Crippen LogP contribution in [0.2, 0.25) is 0 Å². The molecule has 0 amide bonds. The molecule has 1 unspecified atom stereocenters. The molecule has 148 valence electrons. The maximum absolute atomic E-state index is 12.9. The van der Waals surface area contributed by atoms with E-state index in [9.17, 15) is 4.79 Å². The second-order valence-corrected chi connectivity index (χ2v) is 7.75. The van der Waals surface area contributed by atoms with Crippen LogP contribution in [0.3, 0.4) is 0 Å². The molecule has 0 radical (unpaired) electrons. The van der Waals surface area contributed by atoms with Crippen LogP contribution in [0.1, 0.15) is 23.2 Å². The molecule has 1 aromatic carbocycles. The van der Waals surface area contributed by atoms with E-state index in [0.717, 1.165) is 62.8 Å². The zero-order valence-corrected chi connectivity index (χ0v) is 16.4. The average Bonchev–Trinajstić information content (AvgIpc) is 2.74. The number of Topliss-reactive ketones (excluding diaryl/α,β-unsaturated/α-hetero) is 1. The van der Waals surface area contributed by atoms with Crippen molar-refractivity contribution in [3.05, 3.63) is 42.0 Å². The fraction of sp³-hybridized carbons (Fsp3) is 0.476. The van der Waals surface area contributed by atoms with Crippen LogP contribution in [-0.4, -0.2) is 67.0 Å². The number of ketones is 1. The molecule has 7 heteroatoms. The van der Waals surface area contributed by atoms with Gasteiger partial charge in [-0.2, -0.15) is 9.97 Å². The van der Waals surface area contributed by atoms with Crippen LogP contribution < -0.4 is 15.5 Å². The van der Waals surface area contributed by atoms with Crippen molar-refractivity contribution < 1.29 is 4.79 Å². The van der Waals surface area contributed by atoms with E-state index in [1.54, 1.807) is 0 Å². The van der Waals surface area contributed by atoms with Gasteiger partial charge < -0.3 is 20.4 Å². The van der Waals surface area contributed by atoms with E-state index < -0.39 is 0 Å². The predicted octanol–water partition coefficient (Wildman–Crippen LogP) is 1.91. The first-order valence-electron chi connectivity index (χ1n) is 10.0. The van der Waals surface area contributed by atoms with Crippen molar-refractivity contribution in [1.82, 2.24) is 14.9 Å². The largest absolute Gasteiger partial charge is 0.368 e. The first-order valence-corrected chi connectivity index (χ1v) is 10.0. The predicted molar refractivity (Wildman–Crippen MR) is 112 cm³/mol. The number of carbonyl (C=O) groups is 1. The number of likely N-dealkylation sites (N-methyl/N-ethyl adjacent to an activating group) is 1. The van der Waals surface area contributed by atoms with Gasteiger partial charge in [0.15, 0.2) is 5.78 Å². The van der Waals surface area contributed by atoms with Gasteiger partial charge in [0, 0.05) is 56.8 Å². The summed E-state index contributed by atoms with van der Waals surface area (Å²) in [4.78, 5) is 28.6. The number of nitrogen functional groups attached to an aromatic ring is 1. The molecule has 0 saturated carbocycles. The highest BCUT2D eigenvalue weighted by Crippen LogP contribution is 2.27. The summed E-state index contributed by atoms with van der Waals surface area (Å²) >= 11 is 0. The molecule has 1 aromatic heterocycles. The van der Waals surface area contributed by atoms with Gasteiger partial charge in [-0.25, -0.2) is 0 Å². The fourth-order valence-corrected chi connectivity index (χ4v) is 4.04. The Kier molecular flexibility index (Phi) is 5.43. The normalized spacial score (nSPS) is 21.0. The van der Waals surface area contributed by atoms with E-state index >= 15 is 0 Å². The first-order chi connectivity index (χ1) is 13.6. The molecule has 2 fully saturated rings. The average molecular weight is 380 g/mol. The Hall–Kier alpha value is -2.67. The highest BCUT2D eigenvalue weighted by Gasteiger charge is 2.28. The van der Waals surface area contributed by atoms with Crippen molar-refractivity contribution in [2.24, 2.45) is 5.92 Å². The fourth-order valence-electron chi connectivity index (χ4n) is 4.04. The zero-order chi connectivity index (χ0) is 19.5. The number of hydrogen-bond acceptors (Lipinski definition) is 7. The third kappa shape index (κ3) is 4.09. The number of hydrogen-bond donors (Lipinski definition) is 1. The van der Waals surface area contributed by atoms with E-state index in [-0.39, 0.29) is 11.7 Å². The molecule has 0 bridgehead atoms. The molecule has 7 nitrogen and oxygen atoms in total. The molecule has 2 N–H and O–H groups in total. The summed E-state index contributed by atoms with van der Waals surface area (Å²) in [6, 6.07) is 11.6. The van der Waals surface area contributed by atoms with Crippen LogP contribution in [0, 0.1) is 5.92 Å². The number of piperidine rings is 1. The van der Waals surface area contributed by atoms with Gasteiger partial charge in [0.05, 0.1) is 0 Å². The van der Waals surface area contributed by atoms with Crippen molar-refractivity contribution in [1.29, 1.82) is 0 Å². The summed E-state index contributed by atoms with van der Waals surface area (Å²) in [6.07, 6.45) is 1.88. The first kappa shape index (κ1) is 18.7. The minimum atomic E-state index is -0.0144. The lowest BCUT2D eigenvalue weighted by Gasteiger charge is -2.35. The molecule has 28 heavy (non-hydrogen) atoms. The molecule has 0 aliphatic carbocycles. The Balaban J connectivity index is 1.51. The van der Waals surface area contributed by atoms with E-state index in [2.05, 4.69) is 31.7 Å². The Morgan fingerprint density at radius 3 is 2.39 bits per heavy atom. The van der Waals surface area contributed by atoms with E-state index in [4.69, 9.17) is 5.73 Å². The van der Waals surface area contributed by atoms with Crippen molar-refractivity contribution in [2.75, 3.05) is 61.8 Å². The molecular formula is C21H28N6O. The van der Waals surface area contributed by atoms with Crippen molar-refractivity contribution in [3.63, 3.8) is 0 Å². The lowest BCUT2D eigenvalue weighted by Crippen LogP contribution is -2.45. The van der Waals surface area contributed by atoms with Gasteiger partial charge in [0.25, 0.3) is 0 Å². The van der Waals surface area contributed by atoms with E-state index in [1.165, 1.54) is 0 Å².